The van der Waals surface area contributed by atoms with Gasteiger partial charge in [0, 0.05) is 31.5 Å². The average Bonchev–Trinajstić information content (AvgIpc) is 2.40. The molecule has 1 aliphatic rings. The van der Waals surface area contributed by atoms with Gasteiger partial charge in [0.15, 0.2) is 5.60 Å². The van der Waals surface area contributed by atoms with E-state index in [4.69, 9.17) is 0 Å². The number of aryl methyl sites for hydroxylation is 2. The molecule has 1 aromatic carbocycles. The number of piperidine rings is 1. The molecule has 1 saturated heterocycles. The second-order valence-electron chi connectivity index (χ2n) is 5.64. The number of carbonyl (C=O) groups excluding carboxylic acids is 1. The van der Waals surface area contributed by atoms with Crippen molar-refractivity contribution in [3.8, 4) is 0 Å². The largest absolute Gasteiger partial charge is 0.417 e. The number of benzene rings is 1. The van der Waals surface area contributed by atoms with Gasteiger partial charge in [-0.2, -0.15) is 13.2 Å². The van der Waals surface area contributed by atoms with E-state index in [-0.39, 0.29) is 19.0 Å². The van der Waals surface area contributed by atoms with E-state index in [1.165, 1.54) is 4.90 Å². The Hall–Kier alpha value is -1.56. The van der Waals surface area contributed by atoms with Crippen LogP contribution in [0.2, 0.25) is 0 Å². The van der Waals surface area contributed by atoms with Crippen LogP contribution in [0.25, 0.3) is 0 Å². The zero-order valence-electron chi connectivity index (χ0n) is 12.0. The van der Waals surface area contributed by atoms with Crippen LogP contribution in [0.3, 0.4) is 0 Å². The highest BCUT2D eigenvalue weighted by molar-refractivity contribution is 5.95. The lowest BCUT2D eigenvalue weighted by Gasteiger charge is -2.39. The maximum atomic E-state index is 12.7. The van der Waals surface area contributed by atoms with Crippen LogP contribution in [0.4, 0.5) is 13.2 Å². The van der Waals surface area contributed by atoms with Crippen molar-refractivity contribution in [2.75, 3.05) is 13.1 Å². The lowest BCUT2D eigenvalue weighted by molar-refractivity contribution is -0.271. The maximum absolute atomic E-state index is 12.7. The van der Waals surface area contributed by atoms with Crippen molar-refractivity contribution in [3.05, 3.63) is 34.9 Å². The topological polar surface area (TPSA) is 40.5 Å². The Balaban J connectivity index is 2.12. The molecule has 21 heavy (non-hydrogen) atoms. The third-order valence-corrected chi connectivity index (χ3v) is 4.03. The molecule has 116 valence electrons. The molecule has 0 bridgehead atoms. The summed E-state index contributed by atoms with van der Waals surface area (Å²) in [5.41, 5.74) is -0.451. The van der Waals surface area contributed by atoms with Gasteiger partial charge in [-0.05, 0) is 25.5 Å². The molecule has 3 nitrogen and oxygen atoms in total. The summed E-state index contributed by atoms with van der Waals surface area (Å²) in [4.78, 5) is 13.8. The van der Waals surface area contributed by atoms with Crippen molar-refractivity contribution in [3.63, 3.8) is 0 Å². The van der Waals surface area contributed by atoms with Crippen molar-refractivity contribution in [1.29, 1.82) is 0 Å². The Bertz CT molecular complexity index is 546. The molecule has 0 radical (unpaired) electrons. The molecule has 1 N–H and O–H groups in total. The second-order valence-corrected chi connectivity index (χ2v) is 5.64. The molecule has 0 unspecified atom stereocenters. The molecule has 0 saturated carbocycles. The van der Waals surface area contributed by atoms with E-state index in [1.807, 2.05) is 19.1 Å². The zero-order chi connectivity index (χ0) is 15.8. The lowest BCUT2D eigenvalue weighted by atomic mass is 9.90. The number of hydrogen-bond acceptors (Lipinski definition) is 2. The van der Waals surface area contributed by atoms with Crippen LogP contribution < -0.4 is 0 Å². The molecule has 0 atom stereocenters. The molecule has 0 aliphatic carbocycles. The standard InChI is InChI=1S/C15H18F3NO2/c1-10-3-4-11(2)12(9-10)13(20)19-7-5-14(21,6-8-19)15(16,17)18/h3-4,9,21H,5-8H2,1-2H3. The molecular weight excluding hydrogens is 283 g/mol. The highest BCUT2D eigenvalue weighted by atomic mass is 19.4. The third-order valence-electron chi connectivity index (χ3n) is 4.03. The van der Waals surface area contributed by atoms with Gasteiger partial charge in [-0.15, -0.1) is 0 Å². The Labute approximate surface area is 121 Å². The molecule has 2 rings (SSSR count). The van der Waals surface area contributed by atoms with Crippen LogP contribution in [-0.2, 0) is 0 Å². The second kappa shape index (κ2) is 5.33. The van der Waals surface area contributed by atoms with Gasteiger partial charge in [0.1, 0.15) is 0 Å². The molecule has 6 heteroatoms. The van der Waals surface area contributed by atoms with Gasteiger partial charge in [-0.3, -0.25) is 4.79 Å². The highest BCUT2D eigenvalue weighted by Gasteiger charge is 2.54. The van der Waals surface area contributed by atoms with Crippen LogP contribution in [0, 0.1) is 13.8 Å². The van der Waals surface area contributed by atoms with Gasteiger partial charge in [0.2, 0.25) is 0 Å². The number of likely N-dealkylation sites (tertiary alicyclic amines) is 1. The fourth-order valence-corrected chi connectivity index (χ4v) is 2.50. The minimum absolute atomic E-state index is 0.0950. The molecule has 1 heterocycles. The van der Waals surface area contributed by atoms with Crippen LogP contribution in [0.15, 0.2) is 18.2 Å². The van der Waals surface area contributed by atoms with Crippen molar-refractivity contribution in [1.82, 2.24) is 4.90 Å². The monoisotopic (exact) mass is 301 g/mol. The molecule has 1 fully saturated rings. The molecular formula is C15H18F3NO2. The summed E-state index contributed by atoms with van der Waals surface area (Å²) >= 11 is 0. The summed E-state index contributed by atoms with van der Waals surface area (Å²) in [7, 11) is 0. The number of halogens is 3. The first-order valence-corrected chi connectivity index (χ1v) is 6.80. The highest BCUT2D eigenvalue weighted by Crippen LogP contribution is 2.38. The first kappa shape index (κ1) is 15.8. The molecule has 0 spiro atoms. The normalized spacial score (nSPS) is 18.7. The number of nitrogens with zero attached hydrogens (tertiary/aromatic N) is 1. The summed E-state index contributed by atoms with van der Waals surface area (Å²) in [6.07, 6.45) is -5.61. The zero-order valence-corrected chi connectivity index (χ0v) is 12.0. The summed E-state index contributed by atoms with van der Waals surface area (Å²) in [6, 6.07) is 5.44. The Morgan fingerprint density at radius 1 is 1.24 bits per heavy atom. The number of carbonyl (C=O) groups is 1. The van der Waals surface area contributed by atoms with E-state index in [0.717, 1.165) is 11.1 Å². The van der Waals surface area contributed by atoms with Gasteiger partial charge in [-0.25, -0.2) is 0 Å². The predicted octanol–water partition coefficient (Wildman–Crippen LogP) is 2.83. The SMILES string of the molecule is Cc1ccc(C)c(C(=O)N2CCC(O)(C(F)(F)F)CC2)c1. The maximum Gasteiger partial charge on any atom is 0.417 e. The van der Waals surface area contributed by atoms with Crippen LogP contribution in [-0.4, -0.2) is 40.8 Å². The Morgan fingerprint density at radius 3 is 2.33 bits per heavy atom. The predicted molar refractivity (Wildman–Crippen MR) is 72.1 cm³/mol. The van der Waals surface area contributed by atoms with Crippen LogP contribution >= 0.6 is 0 Å². The third kappa shape index (κ3) is 3.05. The fraction of sp³-hybridized carbons (Fsp3) is 0.533. The summed E-state index contributed by atoms with van der Waals surface area (Å²) in [5, 5.41) is 9.61. The number of alkyl halides is 3. The first-order valence-electron chi connectivity index (χ1n) is 6.80. The van der Waals surface area contributed by atoms with E-state index in [1.54, 1.807) is 13.0 Å². The van der Waals surface area contributed by atoms with Gasteiger partial charge < -0.3 is 10.0 Å². The van der Waals surface area contributed by atoms with Crippen molar-refractivity contribution >= 4 is 5.91 Å². The average molecular weight is 301 g/mol. The first-order chi connectivity index (χ1) is 9.64. The van der Waals surface area contributed by atoms with Gasteiger partial charge in [0.25, 0.3) is 5.91 Å². The van der Waals surface area contributed by atoms with Gasteiger partial charge in [0.05, 0.1) is 0 Å². The van der Waals surface area contributed by atoms with E-state index >= 15 is 0 Å². The Morgan fingerprint density at radius 2 is 1.81 bits per heavy atom. The van der Waals surface area contributed by atoms with E-state index in [2.05, 4.69) is 0 Å². The minimum Gasteiger partial charge on any atom is -0.380 e. The smallest absolute Gasteiger partial charge is 0.380 e. The van der Waals surface area contributed by atoms with E-state index in [0.29, 0.717) is 5.56 Å². The van der Waals surface area contributed by atoms with E-state index in [9.17, 15) is 23.1 Å². The van der Waals surface area contributed by atoms with E-state index < -0.39 is 24.6 Å². The molecule has 1 aliphatic heterocycles. The summed E-state index contributed by atoms with van der Waals surface area (Å²) in [6.45, 7) is 3.46. The number of aliphatic hydroxyl groups is 1. The number of amides is 1. The Kier molecular flexibility index (Phi) is 4.02. The van der Waals surface area contributed by atoms with Crippen molar-refractivity contribution < 1.29 is 23.1 Å². The van der Waals surface area contributed by atoms with Crippen molar-refractivity contribution in [2.45, 2.75) is 38.5 Å². The van der Waals surface area contributed by atoms with Crippen molar-refractivity contribution in [2.24, 2.45) is 0 Å². The number of rotatable bonds is 1. The lowest BCUT2D eigenvalue weighted by Crippen LogP contribution is -2.54. The fourth-order valence-electron chi connectivity index (χ4n) is 2.50. The quantitative estimate of drug-likeness (QED) is 0.866. The summed E-state index contributed by atoms with van der Waals surface area (Å²) < 4.78 is 38.2. The van der Waals surface area contributed by atoms with Gasteiger partial charge >= 0.3 is 6.18 Å². The molecule has 0 aromatic heterocycles. The van der Waals surface area contributed by atoms with Crippen LogP contribution in [0.5, 0.6) is 0 Å². The van der Waals surface area contributed by atoms with Crippen LogP contribution in [0.1, 0.15) is 34.3 Å². The van der Waals surface area contributed by atoms with Gasteiger partial charge in [-0.1, -0.05) is 17.7 Å². The molecule has 1 amide bonds. The molecule has 1 aromatic rings. The summed E-state index contributed by atoms with van der Waals surface area (Å²) in [5.74, 6) is -0.277. The minimum atomic E-state index is -4.65. The number of hydrogen-bond donors (Lipinski definition) is 1.